The number of carbonyl (C=O) groups is 2. The molecule has 0 fully saturated rings. The van der Waals surface area contributed by atoms with Crippen LogP contribution in [0.15, 0.2) is 36.4 Å². The van der Waals surface area contributed by atoms with Crippen molar-refractivity contribution in [2.75, 3.05) is 0 Å². The number of benzene rings is 2. The van der Waals surface area contributed by atoms with Gasteiger partial charge in [-0.2, -0.15) is 0 Å². The van der Waals surface area contributed by atoms with Crippen LogP contribution in [0.2, 0.25) is 10.0 Å². The number of nitro groups is 2. The molecule has 0 aliphatic carbocycles. The van der Waals surface area contributed by atoms with Crippen LogP contribution in [-0.4, -0.2) is 21.8 Å². The van der Waals surface area contributed by atoms with Gasteiger partial charge in [-0.1, -0.05) is 23.2 Å². The molecule has 25 heavy (non-hydrogen) atoms. The van der Waals surface area contributed by atoms with Crippen LogP contribution in [-0.2, 0) is 4.74 Å². The molecule has 0 aliphatic rings. The predicted molar refractivity (Wildman–Crippen MR) is 88.1 cm³/mol. The molecule has 11 heteroatoms. The Morgan fingerprint density at radius 3 is 1.52 bits per heavy atom. The second-order valence-corrected chi connectivity index (χ2v) is 5.34. The second-order valence-electron chi connectivity index (χ2n) is 4.52. The molecule has 0 bridgehead atoms. The summed E-state index contributed by atoms with van der Waals surface area (Å²) in [5.41, 5.74) is -1.64. The van der Waals surface area contributed by atoms with Crippen molar-refractivity contribution in [2.45, 2.75) is 0 Å². The zero-order valence-corrected chi connectivity index (χ0v) is 13.5. The normalized spacial score (nSPS) is 10.2. The van der Waals surface area contributed by atoms with Crippen molar-refractivity contribution in [1.82, 2.24) is 0 Å². The van der Waals surface area contributed by atoms with Gasteiger partial charge >= 0.3 is 11.9 Å². The number of esters is 2. The number of halogens is 2. The predicted octanol–water partition coefficient (Wildman–Crippen LogP) is 4.05. The minimum atomic E-state index is -1.18. The highest BCUT2D eigenvalue weighted by Gasteiger charge is 2.22. The Morgan fingerprint density at radius 2 is 1.20 bits per heavy atom. The van der Waals surface area contributed by atoms with Crippen molar-refractivity contribution in [3.63, 3.8) is 0 Å². The standard InChI is InChI=1S/C14H6Cl2N2O7.H2/c15-9-3-1-7(5-11(9)17(21)22)13(19)25-14(20)8-2-4-10(16)12(6-8)18(23)24;/h1-6H;1H. The molecule has 0 atom stereocenters. The first-order valence-corrected chi connectivity index (χ1v) is 7.10. The van der Waals surface area contributed by atoms with Crippen LogP contribution in [0.5, 0.6) is 0 Å². The summed E-state index contributed by atoms with van der Waals surface area (Å²) < 4.78 is 4.56. The van der Waals surface area contributed by atoms with Crippen LogP contribution in [0.1, 0.15) is 22.1 Å². The van der Waals surface area contributed by atoms with Crippen LogP contribution >= 0.6 is 23.2 Å². The molecule has 0 radical (unpaired) electrons. The number of nitro benzene ring substituents is 2. The fourth-order valence-corrected chi connectivity index (χ4v) is 2.13. The van der Waals surface area contributed by atoms with E-state index in [0.717, 1.165) is 36.4 Å². The van der Waals surface area contributed by atoms with E-state index in [4.69, 9.17) is 23.2 Å². The summed E-state index contributed by atoms with van der Waals surface area (Å²) in [6.07, 6.45) is 0. The van der Waals surface area contributed by atoms with Gasteiger partial charge in [0.2, 0.25) is 0 Å². The van der Waals surface area contributed by atoms with Crippen LogP contribution in [0.4, 0.5) is 11.4 Å². The van der Waals surface area contributed by atoms with Crippen molar-refractivity contribution < 1.29 is 25.6 Å². The van der Waals surface area contributed by atoms with Gasteiger partial charge < -0.3 is 4.74 Å². The van der Waals surface area contributed by atoms with Crippen LogP contribution in [0.3, 0.4) is 0 Å². The molecule has 0 saturated carbocycles. The number of hydrogen-bond acceptors (Lipinski definition) is 7. The summed E-state index contributed by atoms with van der Waals surface area (Å²) in [5, 5.41) is 21.2. The van der Waals surface area contributed by atoms with E-state index in [9.17, 15) is 29.8 Å². The molecule has 0 aromatic heterocycles. The molecule has 130 valence electrons. The lowest BCUT2D eigenvalue weighted by Crippen LogP contribution is -2.13. The lowest BCUT2D eigenvalue weighted by atomic mass is 10.2. The Hall–Kier alpha value is -3.04. The van der Waals surface area contributed by atoms with Crippen molar-refractivity contribution in [1.29, 1.82) is 0 Å². The molecule has 0 unspecified atom stereocenters. The summed E-state index contributed by atoms with van der Waals surface area (Å²) in [6, 6.07) is 6.18. The van der Waals surface area contributed by atoms with E-state index in [2.05, 4.69) is 4.74 Å². The zero-order valence-electron chi connectivity index (χ0n) is 12.0. The largest absolute Gasteiger partial charge is 0.386 e. The fraction of sp³-hybridized carbons (Fsp3) is 0. The first-order chi connectivity index (χ1) is 11.7. The smallest absolute Gasteiger partial charge is 0.346 e. The SMILES string of the molecule is O=C(OC(=O)c1ccc(Cl)c([N+](=O)[O-])c1)c1ccc(Cl)c([N+](=O)[O-])c1.[HH]. The summed E-state index contributed by atoms with van der Waals surface area (Å²) in [5.74, 6) is -2.36. The van der Waals surface area contributed by atoms with Crippen molar-refractivity contribution in [3.8, 4) is 0 Å². The maximum absolute atomic E-state index is 11.9. The van der Waals surface area contributed by atoms with Crippen LogP contribution < -0.4 is 0 Å². The minimum Gasteiger partial charge on any atom is -0.386 e. The Morgan fingerprint density at radius 1 is 0.840 bits per heavy atom. The average molecular weight is 387 g/mol. The molecular weight excluding hydrogens is 379 g/mol. The van der Waals surface area contributed by atoms with Gasteiger partial charge in [-0.15, -0.1) is 0 Å². The van der Waals surface area contributed by atoms with Gasteiger partial charge in [-0.3, -0.25) is 20.2 Å². The molecular formula is C14H8Cl2N2O7. The van der Waals surface area contributed by atoms with Gasteiger partial charge in [-0.05, 0) is 24.3 Å². The van der Waals surface area contributed by atoms with Crippen LogP contribution in [0, 0.1) is 20.2 Å². The molecule has 0 N–H and O–H groups in total. The van der Waals surface area contributed by atoms with E-state index in [0.29, 0.717) is 0 Å². The van der Waals surface area contributed by atoms with Gasteiger partial charge in [-0.25, -0.2) is 9.59 Å². The van der Waals surface area contributed by atoms with E-state index in [1.807, 2.05) is 0 Å². The summed E-state index contributed by atoms with van der Waals surface area (Å²) in [6.45, 7) is 0. The third-order valence-corrected chi connectivity index (χ3v) is 3.58. The topological polar surface area (TPSA) is 130 Å². The van der Waals surface area contributed by atoms with Crippen LogP contribution in [0.25, 0.3) is 0 Å². The maximum Gasteiger partial charge on any atom is 0.346 e. The van der Waals surface area contributed by atoms with Gasteiger partial charge in [0.25, 0.3) is 11.4 Å². The van der Waals surface area contributed by atoms with Gasteiger partial charge in [0.15, 0.2) is 0 Å². The zero-order chi connectivity index (χ0) is 18.7. The Bertz CT molecular complexity index is 847. The first kappa shape index (κ1) is 18.3. The van der Waals surface area contributed by atoms with Crippen molar-refractivity contribution in [2.24, 2.45) is 0 Å². The van der Waals surface area contributed by atoms with Crippen molar-refractivity contribution in [3.05, 3.63) is 77.8 Å². The molecule has 9 nitrogen and oxygen atoms in total. The number of ether oxygens (including phenoxy) is 1. The molecule has 0 amide bonds. The molecule has 0 saturated heterocycles. The van der Waals surface area contributed by atoms with Gasteiger partial charge in [0.1, 0.15) is 10.0 Å². The van der Waals surface area contributed by atoms with E-state index >= 15 is 0 Å². The number of rotatable bonds is 4. The molecule has 0 spiro atoms. The fourth-order valence-electron chi connectivity index (χ4n) is 1.76. The summed E-state index contributed by atoms with van der Waals surface area (Å²) >= 11 is 11.2. The Labute approximate surface area is 150 Å². The van der Waals surface area contributed by atoms with E-state index in [-0.39, 0.29) is 22.6 Å². The molecule has 0 aliphatic heterocycles. The molecule has 2 aromatic rings. The molecule has 2 rings (SSSR count). The van der Waals surface area contributed by atoms with Gasteiger partial charge in [0.05, 0.1) is 21.0 Å². The Balaban J connectivity index is 0.00000338. The first-order valence-electron chi connectivity index (χ1n) is 6.35. The maximum atomic E-state index is 11.9. The second kappa shape index (κ2) is 7.24. The number of nitrogens with zero attached hydrogens (tertiary/aromatic N) is 2. The van der Waals surface area contributed by atoms with E-state index in [1.54, 1.807) is 0 Å². The third-order valence-electron chi connectivity index (χ3n) is 2.94. The number of carbonyl (C=O) groups excluding carboxylic acids is 2. The highest BCUT2D eigenvalue weighted by Crippen LogP contribution is 2.27. The summed E-state index contributed by atoms with van der Waals surface area (Å²) in [7, 11) is 0. The van der Waals surface area contributed by atoms with Gasteiger partial charge in [0, 0.05) is 13.6 Å². The lowest BCUT2D eigenvalue weighted by molar-refractivity contribution is -0.384. The monoisotopic (exact) mass is 386 g/mol. The average Bonchev–Trinajstić information content (AvgIpc) is 2.54. The third kappa shape index (κ3) is 4.08. The quantitative estimate of drug-likeness (QED) is 0.335. The van der Waals surface area contributed by atoms with E-state index in [1.165, 1.54) is 0 Å². The number of hydrogen-bond donors (Lipinski definition) is 0. The molecule has 0 heterocycles. The minimum absolute atomic E-state index is 0. The highest BCUT2D eigenvalue weighted by molar-refractivity contribution is 6.33. The molecule has 2 aromatic carbocycles. The summed E-state index contributed by atoms with van der Waals surface area (Å²) in [4.78, 5) is 43.9. The Kier molecular flexibility index (Phi) is 5.30. The highest BCUT2D eigenvalue weighted by atomic mass is 35.5. The van der Waals surface area contributed by atoms with Crippen molar-refractivity contribution >= 4 is 46.5 Å². The lowest BCUT2D eigenvalue weighted by Gasteiger charge is -2.04. The van der Waals surface area contributed by atoms with E-state index < -0.39 is 33.2 Å².